The summed E-state index contributed by atoms with van der Waals surface area (Å²) in [5.41, 5.74) is 7.61. The number of primary amides is 1. The summed E-state index contributed by atoms with van der Waals surface area (Å²) in [7, 11) is 1.00. The molecule has 622 valence electrons. The number of aromatic hydroxyl groups is 1. The summed E-state index contributed by atoms with van der Waals surface area (Å²) in [5.74, 6) is -7.72. The number of unbranched alkanes of at least 4 members (excludes halogenated alkanes) is 2. The van der Waals surface area contributed by atoms with Gasteiger partial charge in [-0.05, 0) is 162 Å². The summed E-state index contributed by atoms with van der Waals surface area (Å²) in [6, 6.07) is 15.3. The lowest BCUT2D eigenvalue weighted by Gasteiger charge is -2.31. The summed E-state index contributed by atoms with van der Waals surface area (Å²) < 4.78 is 0. The quantitative estimate of drug-likeness (QED) is 0.0150. The molecule has 0 radical (unpaired) electrons. The van der Waals surface area contributed by atoms with E-state index < -0.39 is 132 Å². The molecular weight excluding hydrogens is 1480 g/mol. The number of aliphatic imine (C=N–C) groups is 2. The smallest absolute Gasteiger partial charge is 0.245 e. The van der Waals surface area contributed by atoms with E-state index in [0.29, 0.717) is 104 Å². The predicted octanol–water partition coefficient (Wildman–Crippen LogP) is 1.88. The van der Waals surface area contributed by atoms with Gasteiger partial charge in [0.05, 0.1) is 6.61 Å². The lowest BCUT2D eigenvalue weighted by Crippen LogP contribution is -2.61. The normalized spacial score (nSPS) is 14.6. The molecule has 2 heterocycles. The van der Waals surface area contributed by atoms with Crippen LogP contribution in [0, 0.1) is 5.92 Å². The molecule has 0 bridgehead atoms. The van der Waals surface area contributed by atoms with Crippen LogP contribution in [0.3, 0.4) is 0 Å². The Morgan fingerprint density at radius 2 is 0.956 bits per heavy atom. The van der Waals surface area contributed by atoms with Crippen LogP contribution in [0.4, 0.5) is 0 Å². The summed E-state index contributed by atoms with van der Waals surface area (Å²) >= 11 is 6.26. The van der Waals surface area contributed by atoms with E-state index in [1.807, 2.05) is 84.0 Å². The van der Waals surface area contributed by atoms with E-state index in [1.165, 1.54) is 55.4 Å². The number of pyridine rings is 1. The number of hydrogen-bond acceptors (Lipinski definition) is 17. The fourth-order valence-electron chi connectivity index (χ4n) is 12.7. The Morgan fingerprint density at radius 3 is 1.46 bits per heavy atom. The Morgan fingerprint density at radius 1 is 0.518 bits per heavy atom. The minimum atomic E-state index is -1.82. The molecule has 10 atom stereocenters. The number of phenolic OH excluding ortho intramolecular Hbond substituents is 1. The Labute approximate surface area is 672 Å². The number of halogens is 1. The molecule has 1 saturated heterocycles. The average Bonchev–Trinajstić information content (AvgIpc) is 1.56. The van der Waals surface area contributed by atoms with Gasteiger partial charge in [0.15, 0.2) is 11.9 Å². The van der Waals surface area contributed by atoms with Crippen LogP contribution in [0.2, 0.25) is 5.02 Å². The highest BCUT2D eigenvalue weighted by Crippen LogP contribution is 2.23. The van der Waals surface area contributed by atoms with E-state index in [2.05, 4.69) is 84.1 Å². The van der Waals surface area contributed by atoms with Crippen molar-refractivity contribution in [3.8, 4) is 5.75 Å². The number of nitrogens with zero attached hydrogens (tertiary/aromatic N) is 4. The van der Waals surface area contributed by atoms with Crippen LogP contribution in [-0.4, -0.2) is 222 Å². The van der Waals surface area contributed by atoms with Crippen molar-refractivity contribution >= 4 is 99.3 Å². The van der Waals surface area contributed by atoms with Crippen molar-refractivity contribution in [1.29, 1.82) is 0 Å². The molecule has 1 aliphatic rings. The van der Waals surface area contributed by atoms with E-state index in [4.69, 9.17) is 22.4 Å². The van der Waals surface area contributed by atoms with Crippen molar-refractivity contribution in [3.05, 3.63) is 143 Å². The number of benzene rings is 4. The highest BCUT2D eigenvalue weighted by Gasteiger charge is 2.40. The van der Waals surface area contributed by atoms with Gasteiger partial charge in [0.2, 0.25) is 65.0 Å². The van der Waals surface area contributed by atoms with Gasteiger partial charge in [-0.15, -0.1) is 0 Å². The molecule has 4 aromatic carbocycles. The summed E-state index contributed by atoms with van der Waals surface area (Å²) in [5, 5.41) is 67.9. The van der Waals surface area contributed by atoms with Gasteiger partial charge in [-0.25, -0.2) is 0 Å². The van der Waals surface area contributed by atoms with E-state index >= 15 is 9.59 Å². The first-order valence-electron chi connectivity index (χ1n) is 39.0. The number of carbonyl (C=O) groups excluding carboxylic acids is 11. The Kier molecular flexibility index (Phi) is 41.2. The van der Waals surface area contributed by atoms with Gasteiger partial charge < -0.3 is 95.1 Å². The number of fused-ring (bicyclic) bond motifs is 1. The van der Waals surface area contributed by atoms with Crippen LogP contribution < -0.4 is 74.9 Å². The van der Waals surface area contributed by atoms with Crippen LogP contribution in [-0.2, 0) is 78.4 Å². The summed E-state index contributed by atoms with van der Waals surface area (Å²) in [6.07, 6.45) is 4.77. The number of amides is 11. The van der Waals surface area contributed by atoms with E-state index in [9.17, 15) is 53.4 Å². The third-order valence-electron chi connectivity index (χ3n) is 18.5. The lowest BCUT2D eigenvalue weighted by molar-refractivity contribution is -0.142. The molecule has 5 aromatic rings. The number of likely N-dealkylation sites (tertiary alicyclic amines) is 1. The number of phenols is 1. The van der Waals surface area contributed by atoms with Gasteiger partial charge >= 0.3 is 0 Å². The maximum atomic E-state index is 15.2. The summed E-state index contributed by atoms with van der Waals surface area (Å²) in [4.78, 5) is 172. The molecule has 11 amide bonds. The maximum Gasteiger partial charge on any atom is 0.245 e. The second kappa shape index (κ2) is 50.2. The second-order valence-electron chi connectivity index (χ2n) is 28.0. The minimum absolute atomic E-state index is 0.0365. The molecule has 6 rings (SSSR count). The minimum Gasteiger partial charge on any atom is -0.508 e. The zero-order valence-corrected chi connectivity index (χ0v) is 67.5. The van der Waals surface area contributed by atoms with Gasteiger partial charge in [0, 0.05) is 103 Å². The first kappa shape index (κ1) is 93.6. The van der Waals surface area contributed by atoms with E-state index in [1.54, 1.807) is 36.4 Å². The topological polar surface area (TPSA) is 472 Å². The van der Waals surface area contributed by atoms with Gasteiger partial charge in [0.1, 0.15) is 66.2 Å². The SMILES string of the molecule is CCNC(=NCCCC[C@H](NC(=O)[C@H](CC(C)C)NC(=O)[C@@H](CCCCN=C(NCC)NCC)NC(=O)[C@H](Cc1ccc(O)cc1)NC(=O)[C@H](CO)NC(=O)[C@@H](Cc1cccnc1)NC(=O)[C@@H](Cc1ccc(Cl)cc1)NC(=O)[C@@H](Cc1ccc2ccccc2c1)NC(C)=O)C(=O)N1CCC[C@H]1C(=O)N[C@H](C)C(N)=O)NCC.CO. The van der Waals surface area contributed by atoms with Crippen molar-refractivity contribution in [3.63, 3.8) is 0 Å². The number of rotatable bonds is 44. The standard InChI is InChI=1S/C80H113ClN18O13.CH4O/c1-9-84-79(85-10-2)88-38-17-15-24-60(70(104)94-62(41-49(5)6)71(105)93-61(25-16-18-39-89-80(86-11-3)87-12-4)78(112)99-40-20-26-68(99)77(111)90-50(7)69(82)103)92-73(107)64(44-53-30-35-59(102)36-31-53)97-76(110)67(48-100)98-75(109)66(46-55-21-19-37-83-47-55)96-74(108)65(43-52-28-33-58(81)34-29-52)95-72(106)63(91-51(8)101)45-54-27-32-56-22-13-14-23-57(56)42-54;1-2/h13-14,19,21-23,27-37,42,47,49-50,60-68,100,102H,9-12,15-18,20,24-26,38-41,43-46,48H2,1-8H3,(H2,82,103)(H,90,111)(H,91,101)(H,92,107)(H,93,105)(H,94,104)(H,95,106)(H,96,108)(H,97,110)(H,98,109)(H2,84,85,88)(H2,86,87,89);2H,1H3/t50-,60-,61+,62+,63-,64+,65-,66-,67+,68+;/m1./s1. The fourth-order valence-corrected chi connectivity index (χ4v) is 12.8. The van der Waals surface area contributed by atoms with Crippen molar-refractivity contribution in [2.45, 2.75) is 199 Å². The third-order valence-corrected chi connectivity index (χ3v) is 18.7. The molecule has 1 fully saturated rings. The number of aromatic nitrogens is 1. The van der Waals surface area contributed by atoms with Crippen molar-refractivity contribution in [2.75, 3.05) is 59.5 Å². The third kappa shape index (κ3) is 32.2. The van der Waals surface area contributed by atoms with Crippen molar-refractivity contribution in [1.82, 2.24) is 79.0 Å². The highest BCUT2D eigenvalue weighted by molar-refractivity contribution is 6.30. The van der Waals surface area contributed by atoms with E-state index in [-0.39, 0.29) is 76.0 Å². The van der Waals surface area contributed by atoms with Crippen molar-refractivity contribution in [2.24, 2.45) is 21.6 Å². The van der Waals surface area contributed by atoms with Crippen LogP contribution in [0.15, 0.2) is 126 Å². The summed E-state index contributed by atoms with van der Waals surface area (Å²) in [6.45, 7) is 16.3. The van der Waals surface area contributed by atoms with Crippen LogP contribution in [0.1, 0.15) is 135 Å². The molecule has 114 heavy (non-hydrogen) atoms. The molecule has 18 N–H and O–H groups in total. The molecule has 0 aliphatic carbocycles. The number of carbonyl (C=O) groups is 11. The number of aliphatic hydroxyl groups is 2. The largest absolute Gasteiger partial charge is 0.508 e. The first-order valence-corrected chi connectivity index (χ1v) is 39.4. The maximum absolute atomic E-state index is 15.2. The zero-order valence-electron chi connectivity index (χ0n) is 66.7. The van der Waals surface area contributed by atoms with Crippen LogP contribution in [0.5, 0.6) is 5.75 Å². The zero-order chi connectivity index (χ0) is 83.7. The number of hydrogen-bond donors (Lipinski definition) is 17. The number of nitrogens with two attached hydrogens (primary N) is 1. The molecule has 0 spiro atoms. The van der Waals surface area contributed by atoms with Gasteiger partial charge in [-0.1, -0.05) is 98.2 Å². The average molecular weight is 1600 g/mol. The van der Waals surface area contributed by atoms with Gasteiger partial charge in [-0.2, -0.15) is 0 Å². The monoisotopic (exact) mass is 1600 g/mol. The predicted molar refractivity (Wildman–Crippen MR) is 437 cm³/mol. The Hall–Kier alpha value is -11.0. The Bertz CT molecular complexity index is 3970. The number of nitrogens with one attached hydrogen (secondary N) is 13. The lowest BCUT2D eigenvalue weighted by atomic mass is 9.99. The molecule has 1 aromatic heterocycles. The molecule has 0 saturated carbocycles. The van der Waals surface area contributed by atoms with E-state index in [0.717, 1.165) is 17.9 Å². The van der Waals surface area contributed by atoms with Gasteiger partial charge in [-0.3, -0.25) is 67.7 Å². The molecular formula is C81H117ClN18O14. The van der Waals surface area contributed by atoms with Crippen LogP contribution >= 0.6 is 11.6 Å². The highest BCUT2D eigenvalue weighted by atomic mass is 35.5. The second-order valence-corrected chi connectivity index (χ2v) is 28.5. The Balaban J connectivity index is 0.0000115. The molecule has 32 nitrogen and oxygen atoms in total. The van der Waals surface area contributed by atoms with Crippen LogP contribution in [0.25, 0.3) is 10.8 Å². The molecule has 1 aliphatic heterocycles. The molecule has 33 heteroatoms. The van der Waals surface area contributed by atoms with Gasteiger partial charge in [0.25, 0.3) is 0 Å². The number of aliphatic hydroxyl groups excluding tert-OH is 2. The van der Waals surface area contributed by atoms with Crippen molar-refractivity contribution < 1.29 is 68.1 Å². The molecule has 0 unspecified atom stereocenters. The fraction of sp³-hybridized carbons (Fsp3) is 0.506. The first-order chi connectivity index (χ1) is 54.7. The number of guanidine groups is 2.